The zero-order valence-corrected chi connectivity index (χ0v) is 58.7. The number of anilines is 2. The average molecular weight is 1410 g/mol. The molecule has 23 heteroatoms. The zero-order valence-electron chi connectivity index (χ0n) is 58.7. The van der Waals surface area contributed by atoms with E-state index in [2.05, 4.69) is 43.6 Å². The molecule has 12 rings (SSSR count). The summed E-state index contributed by atoms with van der Waals surface area (Å²) >= 11 is 0. The van der Waals surface area contributed by atoms with Crippen molar-refractivity contribution in [1.29, 1.82) is 0 Å². The van der Waals surface area contributed by atoms with Crippen LogP contribution in [-0.2, 0) is 70.3 Å². The number of benzene rings is 8. The standard InChI is InChI=1S/C81H76N4O19/c1-49(96-9)44-97-45-50(2)101-76(90)59-30-32-60(33-31-59)77(91)102-51(3)46-98-73(87)57-26-28-58(29-27-57)75(89)100-48-64-41-66(85(94)95)39-62-35-37-81(104-72(62)64)79(7,8)68-15-11-13-17-70(68)83(81)43-54-20-18-53(19-21-54)42-82-69-16-12-10-14-67(69)78(5,6)80(82)36-34-61-38-65(84(92)93)40-63(71(61)103-80)47-99-74(88)56-24-22-55(23-25-56)52(4)86/h10-41,49-51H,42-48H2,1-9H3. The molecule has 104 heavy (non-hydrogen) atoms. The normalized spacial score (nSPS) is 17.6. The third-order valence-corrected chi connectivity index (χ3v) is 19.4. The number of ketones is 1. The summed E-state index contributed by atoms with van der Waals surface area (Å²) in [5, 5.41) is 24.8. The summed E-state index contributed by atoms with van der Waals surface area (Å²) < 4.78 is 53.3. The number of carbonyl (C=O) groups excluding carboxylic acids is 6. The molecule has 5 atom stereocenters. The van der Waals surface area contributed by atoms with Crippen molar-refractivity contribution in [2.45, 2.75) is 122 Å². The molecule has 8 aromatic carbocycles. The maximum Gasteiger partial charge on any atom is 0.338 e. The molecule has 0 bridgehead atoms. The van der Waals surface area contributed by atoms with E-state index in [0.717, 1.165) is 33.6 Å². The van der Waals surface area contributed by atoms with Gasteiger partial charge >= 0.3 is 29.8 Å². The largest absolute Gasteiger partial charge is 0.462 e. The highest BCUT2D eigenvalue weighted by molar-refractivity contribution is 5.97. The number of esters is 5. The minimum absolute atomic E-state index is 0.0664. The van der Waals surface area contributed by atoms with Gasteiger partial charge in [-0.3, -0.25) is 25.0 Å². The van der Waals surface area contributed by atoms with Gasteiger partial charge in [0.15, 0.2) is 5.78 Å². The molecule has 534 valence electrons. The molecule has 23 nitrogen and oxygen atoms in total. The summed E-state index contributed by atoms with van der Waals surface area (Å²) in [7, 11) is 1.57. The lowest BCUT2D eigenvalue weighted by atomic mass is 9.76. The molecule has 4 aliphatic heterocycles. The van der Waals surface area contributed by atoms with E-state index in [-0.39, 0.29) is 87.8 Å². The topological polar surface area (TPSA) is 278 Å². The lowest BCUT2D eigenvalue weighted by Gasteiger charge is -2.47. The van der Waals surface area contributed by atoms with E-state index in [1.165, 1.54) is 104 Å². The van der Waals surface area contributed by atoms with Gasteiger partial charge in [-0.1, -0.05) is 72.8 Å². The number of nitrogens with zero attached hydrogens (tertiary/aromatic N) is 4. The van der Waals surface area contributed by atoms with E-state index in [9.17, 15) is 49.0 Å². The maximum absolute atomic E-state index is 13.8. The molecule has 0 fully saturated rings. The molecule has 2 spiro atoms. The third kappa shape index (κ3) is 14.1. The molecular weight excluding hydrogens is 1330 g/mol. The highest BCUT2D eigenvalue weighted by Crippen LogP contribution is 2.58. The van der Waals surface area contributed by atoms with Gasteiger partial charge in [0.05, 0.1) is 67.8 Å². The fourth-order valence-electron chi connectivity index (χ4n) is 13.6. The van der Waals surface area contributed by atoms with E-state index in [1.54, 1.807) is 27.0 Å². The number of hydrogen-bond donors (Lipinski definition) is 0. The summed E-state index contributed by atoms with van der Waals surface area (Å²) in [5.41, 5.74) is 3.70. The van der Waals surface area contributed by atoms with Crippen molar-refractivity contribution in [2.75, 3.05) is 36.7 Å². The Kier molecular flexibility index (Phi) is 20.3. The summed E-state index contributed by atoms with van der Waals surface area (Å²) in [6, 6.07) is 47.0. The van der Waals surface area contributed by atoms with E-state index < -0.39 is 80.8 Å². The summed E-state index contributed by atoms with van der Waals surface area (Å²) in [6.07, 6.45) is 5.96. The Labute approximate surface area is 599 Å². The van der Waals surface area contributed by atoms with E-state index >= 15 is 0 Å². The van der Waals surface area contributed by atoms with E-state index in [4.69, 9.17) is 42.6 Å². The fraction of sp³-hybridized carbons (Fsp3) is 0.284. The van der Waals surface area contributed by atoms with Crippen LogP contribution < -0.4 is 19.3 Å². The van der Waals surface area contributed by atoms with Crippen molar-refractivity contribution in [3.63, 3.8) is 0 Å². The Balaban J connectivity index is 0.720. The van der Waals surface area contributed by atoms with Crippen LogP contribution in [0.2, 0.25) is 0 Å². The lowest BCUT2D eigenvalue weighted by Crippen LogP contribution is -2.59. The van der Waals surface area contributed by atoms with Gasteiger partial charge in [-0.25, -0.2) is 24.0 Å². The molecule has 4 heterocycles. The lowest BCUT2D eigenvalue weighted by molar-refractivity contribution is -0.385. The predicted octanol–water partition coefficient (Wildman–Crippen LogP) is 14.6. The molecule has 0 N–H and O–H groups in total. The first-order valence-electron chi connectivity index (χ1n) is 33.8. The monoisotopic (exact) mass is 1410 g/mol. The minimum Gasteiger partial charge on any atom is -0.462 e. The Morgan fingerprint density at radius 2 is 0.817 bits per heavy atom. The van der Waals surface area contributed by atoms with Crippen LogP contribution in [0.25, 0.3) is 12.2 Å². The molecule has 0 aromatic heterocycles. The van der Waals surface area contributed by atoms with Crippen molar-refractivity contribution >= 4 is 70.5 Å². The number of carbonyl (C=O) groups is 6. The molecular formula is C81H76N4O19. The van der Waals surface area contributed by atoms with E-state index in [1.807, 2.05) is 91.9 Å². The van der Waals surface area contributed by atoms with Crippen LogP contribution in [0, 0.1) is 20.2 Å². The van der Waals surface area contributed by atoms with Crippen molar-refractivity contribution in [3.05, 3.63) is 280 Å². The molecule has 8 aromatic rings. The maximum atomic E-state index is 13.8. The van der Waals surface area contributed by atoms with Crippen LogP contribution in [0.3, 0.4) is 0 Å². The van der Waals surface area contributed by atoms with Crippen molar-refractivity contribution in [2.24, 2.45) is 0 Å². The second-order valence-corrected chi connectivity index (χ2v) is 27.2. The van der Waals surface area contributed by atoms with Gasteiger partial charge in [0.25, 0.3) is 11.4 Å². The highest BCUT2D eigenvalue weighted by atomic mass is 16.6. The minimum atomic E-state index is -1.25. The summed E-state index contributed by atoms with van der Waals surface area (Å²) in [5.74, 6) is -3.12. The first-order valence-corrected chi connectivity index (χ1v) is 33.8. The van der Waals surface area contributed by atoms with Crippen LogP contribution in [0.15, 0.2) is 182 Å². The Morgan fingerprint density at radius 3 is 1.20 bits per heavy atom. The quantitative estimate of drug-likeness (QED) is 0.0169. The van der Waals surface area contributed by atoms with Gasteiger partial charge in [-0.05, 0) is 175 Å². The predicted molar refractivity (Wildman–Crippen MR) is 384 cm³/mol. The van der Waals surface area contributed by atoms with Crippen molar-refractivity contribution in [1.82, 2.24) is 0 Å². The molecule has 0 saturated heterocycles. The van der Waals surface area contributed by atoms with E-state index in [0.29, 0.717) is 42.1 Å². The fourth-order valence-corrected chi connectivity index (χ4v) is 13.6. The van der Waals surface area contributed by atoms with Crippen molar-refractivity contribution in [3.8, 4) is 11.5 Å². The number of methoxy groups -OCH3 is 1. The van der Waals surface area contributed by atoms with Gasteiger partial charge < -0.3 is 52.4 Å². The molecule has 0 amide bonds. The average Bonchev–Trinajstić information content (AvgIpc) is 1.54. The number of hydrogen-bond acceptors (Lipinski definition) is 21. The molecule has 0 radical (unpaired) electrons. The SMILES string of the molecule is COC(C)COCC(C)OC(=O)c1ccc(C(=O)OC(C)COC(=O)c2ccc(C(=O)OCc3cc([N+](=O)[O-])cc4c3OC3(C=C4)N(Cc4ccc(CN5c6ccccc6C(C)(C)C56C=Cc5cc([N+](=O)[O-])cc(COC(=O)c7ccc(C(C)=O)cc7)c5O6)cc4)c4ccccc4C3(C)C)cc2)cc1. The van der Waals surface area contributed by atoms with Gasteiger partial charge in [-0.2, -0.15) is 0 Å². The number of ether oxygens (including phenoxy) is 9. The molecule has 4 aliphatic rings. The number of para-hydroxylation sites is 2. The second-order valence-electron chi connectivity index (χ2n) is 27.2. The third-order valence-electron chi connectivity index (χ3n) is 19.4. The van der Waals surface area contributed by atoms with Crippen LogP contribution in [0.4, 0.5) is 22.7 Å². The zero-order chi connectivity index (χ0) is 74.0. The van der Waals surface area contributed by atoms with Gasteiger partial charge in [0.1, 0.15) is 43.5 Å². The number of non-ortho nitro benzene ring substituents is 2. The second kappa shape index (κ2) is 29.3. The number of fused-ring (bicyclic) bond motifs is 4. The molecule has 0 saturated carbocycles. The van der Waals surface area contributed by atoms with Gasteiger partial charge in [0, 0.05) is 83.7 Å². The van der Waals surface area contributed by atoms with Crippen molar-refractivity contribution < 1.29 is 81.2 Å². The molecule has 5 unspecified atom stereocenters. The Bertz CT molecular complexity index is 4760. The highest BCUT2D eigenvalue weighted by Gasteiger charge is 2.61. The first kappa shape index (κ1) is 72.0. The van der Waals surface area contributed by atoms with Gasteiger partial charge in [-0.15, -0.1) is 0 Å². The Hall–Kier alpha value is -11.8. The van der Waals surface area contributed by atoms with Gasteiger partial charge in [0.2, 0.25) is 11.4 Å². The first-order chi connectivity index (χ1) is 49.7. The van der Waals surface area contributed by atoms with Crippen LogP contribution in [-0.4, -0.2) is 102 Å². The van der Waals surface area contributed by atoms with Crippen LogP contribution in [0.5, 0.6) is 11.5 Å². The summed E-state index contributed by atoms with van der Waals surface area (Å²) in [6.45, 7) is 14.9. The smallest absolute Gasteiger partial charge is 0.338 e. The molecule has 0 aliphatic carbocycles. The summed E-state index contributed by atoms with van der Waals surface area (Å²) in [4.78, 5) is 106. The number of nitro benzene ring substituents is 2. The Morgan fingerprint density at radius 1 is 0.462 bits per heavy atom. The van der Waals surface area contributed by atoms with Crippen LogP contribution in [0.1, 0.15) is 162 Å². The number of Topliss-reactive ketones (excluding diaryl/α,β-unsaturated/α-hetero) is 1. The number of rotatable bonds is 25. The number of nitro groups is 2. The van der Waals surface area contributed by atoms with Crippen LogP contribution >= 0.6 is 0 Å².